The zero-order valence-electron chi connectivity index (χ0n) is 11.5. The maximum absolute atomic E-state index is 11.4. The van der Waals surface area contributed by atoms with Gasteiger partial charge in [-0.1, -0.05) is 23.7 Å². The average molecular weight is 307 g/mol. The standard InChI is InChI=1S/C16H15ClO4/c1-19-16(18)12-4-2-6-14(10-12)20-8-9-21-15-7-3-5-13(17)11-15/h2-7,10-11H,8-9H2,1H3. The Morgan fingerprint density at radius 2 is 1.62 bits per heavy atom. The lowest BCUT2D eigenvalue weighted by atomic mass is 10.2. The van der Waals surface area contributed by atoms with Crippen molar-refractivity contribution < 1.29 is 19.0 Å². The van der Waals surface area contributed by atoms with Crippen LogP contribution in [-0.4, -0.2) is 26.3 Å². The van der Waals surface area contributed by atoms with E-state index in [1.54, 1.807) is 36.4 Å². The molecule has 0 radical (unpaired) electrons. The van der Waals surface area contributed by atoms with Gasteiger partial charge in [0.1, 0.15) is 24.7 Å². The predicted molar refractivity (Wildman–Crippen MR) is 80.2 cm³/mol. The van der Waals surface area contributed by atoms with Crippen molar-refractivity contribution in [2.24, 2.45) is 0 Å². The van der Waals surface area contributed by atoms with E-state index in [-0.39, 0.29) is 0 Å². The molecule has 0 saturated carbocycles. The molecule has 2 aromatic rings. The number of hydrogen-bond donors (Lipinski definition) is 0. The molecule has 0 fully saturated rings. The molecule has 0 unspecified atom stereocenters. The lowest BCUT2D eigenvalue weighted by Gasteiger charge is -2.09. The third-order valence-electron chi connectivity index (χ3n) is 2.67. The van der Waals surface area contributed by atoms with Crippen molar-refractivity contribution in [2.45, 2.75) is 0 Å². The molecule has 2 aromatic carbocycles. The van der Waals surface area contributed by atoms with Gasteiger partial charge in [-0.25, -0.2) is 4.79 Å². The Hall–Kier alpha value is -2.20. The van der Waals surface area contributed by atoms with E-state index in [1.165, 1.54) is 7.11 Å². The summed E-state index contributed by atoms with van der Waals surface area (Å²) < 4.78 is 15.7. The summed E-state index contributed by atoms with van der Waals surface area (Å²) in [4.78, 5) is 11.4. The molecule has 0 aromatic heterocycles. The second-order valence-corrected chi connectivity index (χ2v) is 4.61. The monoisotopic (exact) mass is 306 g/mol. The molecule has 4 nitrogen and oxygen atoms in total. The van der Waals surface area contributed by atoms with Gasteiger partial charge in [0.25, 0.3) is 0 Å². The Labute approximate surface area is 128 Å². The molecular weight excluding hydrogens is 292 g/mol. The van der Waals surface area contributed by atoms with Gasteiger partial charge in [0.05, 0.1) is 12.7 Å². The van der Waals surface area contributed by atoms with Gasteiger partial charge in [-0.2, -0.15) is 0 Å². The van der Waals surface area contributed by atoms with Gasteiger partial charge < -0.3 is 14.2 Å². The highest BCUT2D eigenvalue weighted by Gasteiger charge is 2.06. The molecule has 0 amide bonds. The van der Waals surface area contributed by atoms with Crippen molar-refractivity contribution in [3.05, 3.63) is 59.1 Å². The minimum Gasteiger partial charge on any atom is -0.490 e. The molecule has 0 saturated heterocycles. The number of carbonyl (C=O) groups is 1. The summed E-state index contributed by atoms with van der Waals surface area (Å²) in [6.45, 7) is 0.736. The fraction of sp³-hybridized carbons (Fsp3) is 0.188. The highest BCUT2D eigenvalue weighted by atomic mass is 35.5. The van der Waals surface area contributed by atoms with Crippen LogP contribution in [0.5, 0.6) is 11.5 Å². The van der Waals surface area contributed by atoms with Crippen LogP contribution in [0, 0.1) is 0 Å². The van der Waals surface area contributed by atoms with Gasteiger partial charge in [-0.3, -0.25) is 0 Å². The number of carbonyl (C=O) groups excluding carboxylic acids is 1. The lowest BCUT2D eigenvalue weighted by Crippen LogP contribution is -2.09. The molecule has 5 heteroatoms. The van der Waals surface area contributed by atoms with Crippen molar-refractivity contribution in [1.82, 2.24) is 0 Å². The third-order valence-corrected chi connectivity index (χ3v) is 2.91. The Morgan fingerprint density at radius 3 is 2.24 bits per heavy atom. The molecule has 0 aliphatic carbocycles. The molecule has 0 N–H and O–H groups in total. The lowest BCUT2D eigenvalue weighted by molar-refractivity contribution is 0.0600. The van der Waals surface area contributed by atoms with Crippen molar-refractivity contribution in [3.8, 4) is 11.5 Å². The van der Waals surface area contributed by atoms with E-state index in [0.717, 1.165) is 0 Å². The van der Waals surface area contributed by atoms with E-state index in [4.69, 9.17) is 21.1 Å². The number of benzene rings is 2. The fourth-order valence-corrected chi connectivity index (χ4v) is 1.89. The Kier molecular flexibility index (Phi) is 5.46. The normalized spacial score (nSPS) is 10.0. The maximum atomic E-state index is 11.4. The smallest absolute Gasteiger partial charge is 0.337 e. The first-order valence-electron chi connectivity index (χ1n) is 6.38. The van der Waals surface area contributed by atoms with E-state index in [2.05, 4.69) is 4.74 Å². The summed E-state index contributed by atoms with van der Waals surface area (Å²) in [6, 6.07) is 14.0. The van der Waals surface area contributed by atoms with Crippen LogP contribution in [0.3, 0.4) is 0 Å². The van der Waals surface area contributed by atoms with E-state index in [9.17, 15) is 4.79 Å². The van der Waals surface area contributed by atoms with E-state index in [1.807, 2.05) is 12.1 Å². The highest BCUT2D eigenvalue weighted by molar-refractivity contribution is 6.30. The summed E-state index contributed by atoms with van der Waals surface area (Å²) in [6.07, 6.45) is 0. The zero-order chi connectivity index (χ0) is 15.1. The fourth-order valence-electron chi connectivity index (χ4n) is 1.71. The summed E-state index contributed by atoms with van der Waals surface area (Å²) >= 11 is 5.86. The number of esters is 1. The highest BCUT2D eigenvalue weighted by Crippen LogP contribution is 2.17. The Bertz CT molecular complexity index is 613. The number of methoxy groups -OCH3 is 1. The number of hydrogen-bond acceptors (Lipinski definition) is 4. The Balaban J connectivity index is 1.82. The van der Waals surface area contributed by atoms with Crippen LogP contribution >= 0.6 is 11.6 Å². The zero-order valence-corrected chi connectivity index (χ0v) is 12.3. The van der Waals surface area contributed by atoms with Crippen molar-refractivity contribution >= 4 is 17.6 Å². The molecule has 0 spiro atoms. The van der Waals surface area contributed by atoms with Gasteiger partial charge in [0, 0.05) is 5.02 Å². The molecule has 0 atom stereocenters. The van der Waals surface area contributed by atoms with Crippen LogP contribution in [0.15, 0.2) is 48.5 Å². The molecule has 0 aliphatic rings. The van der Waals surface area contributed by atoms with Gasteiger partial charge in [-0.15, -0.1) is 0 Å². The molecule has 2 rings (SSSR count). The van der Waals surface area contributed by atoms with Crippen LogP contribution < -0.4 is 9.47 Å². The second-order valence-electron chi connectivity index (χ2n) is 4.17. The molecular formula is C16H15ClO4. The predicted octanol–water partition coefficient (Wildman–Crippen LogP) is 3.58. The van der Waals surface area contributed by atoms with Crippen LogP contribution in [0.1, 0.15) is 10.4 Å². The topological polar surface area (TPSA) is 44.8 Å². The van der Waals surface area contributed by atoms with Crippen LogP contribution in [0.4, 0.5) is 0 Å². The molecule has 0 bridgehead atoms. The van der Waals surface area contributed by atoms with Crippen molar-refractivity contribution in [3.63, 3.8) is 0 Å². The summed E-state index contributed by atoms with van der Waals surface area (Å²) in [5.41, 5.74) is 0.450. The quantitative estimate of drug-likeness (QED) is 0.604. The van der Waals surface area contributed by atoms with Gasteiger partial charge in [0.15, 0.2) is 0 Å². The van der Waals surface area contributed by atoms with Crippen LogP contribution in [0.25, 0.3) is 0 Å². The van der Waals surface area contributed by atoms with Crippen molar-refractivity contribution in [1.29, 1.82) is 0 Å². The van der Waals surface area contributed by atoms with Gasteiger partial charge in [0.2, 0.25) is 0 Å². The minimum absolute atomic E-state index is 0.358. The van der Waals surface area contributed by atoms with Gasteiger partial charge >= 0.3 is 5.97 Å². The maximum Gasteiger partial charge on any atom is 0.337 e. The largest absolute Gasteiger partial charge is 0.490 e. The van der Waals surface area contributed by atoms with Crippen LogP contribution in [-0.2, 0) is 4.74 Å². The molecule has 0 aliphatic heterocycles. The molecule has 0 heterocycles. The SMILES string of the molecule is COC(=O)c1cccc(OCCOc2cccc(Cl)c2)c1. The number of halogens is 1. The van der Waals surface area contributed by atoms with Gasteiger partial charge in [-0.05, 0) is 36.4 Å². The first-order chi connectivity index (χ1) is 10.2. The van der Waals surface area contributed by atoms with E-state index in [0.29, 0.717) is 35.3 Å². The average Bonchev–Trinajstić information content (AvgIpc) is 2.51. The summed E-state index contributed by atoms with van der Waals surface area (Å²) in [5.74, 6) is 0.887. The minimum atomic E-state index is -0.393. The van der Waals surface area contributed by atoms with E-state index < -0.39 is 5.97 Å². The summed E-state index contributed by atoms with van der Waals surface area (Å²) in [7, 11) is 1.34. The first-order valence-corrected chi connectivity index (χ1v) is 6.76. The molecule has 21 heavy (non-hydrogen) atoms. The second kappa shape index (κ2) is 7.55. The third kappa shape index (κ3) is 4.68. The number of rotatable bonds is 6. The Morgan fingerprint density at radius 1 is 1.00 bits per heavy atom. The first kappa shape index (κ1) is 15.2. The van der Waals surface area contributed by atoms with E-state index >= 15 is 0 Å². The number of ether oxygens (including phenoxy) is 3. The van der Waals surface area contributed by atoms with Crippen molar-refractivity contribution in [2.75, 3.05) is 20.3 Å². The van der Waals surface area contributed by atoms with Crippen LogP contribution in [0.2, 0.25) is 5.02 Å². The molecule has 110 valence electrons. The summed E-state index contributed by atoms with van der Waals surface area (Å²) in [5, 5.41) is 0.624.